The fourth-order valence-corrected chi connectivity index (χ4v) is 6.84. The molecule has 1 fully saturated rings. The molecule has 55 heavy (non-hydrogen) atoms. The molecule has 0 bridgehead atoms. The maximum atomic E-state index is 14.6. The molecule has 1 aliphatic carbocycles. The Hall–Kier alpha value is -6.17. The Morgan fingerprint density at radius 3 is 1.38 bits per heavy atom. The van der Waals surface area contributed by atoms with Crippen molar-refractivity contribution in [3.63, 3.8) is 0 Å². The van der Waals surface area contributed by atoms with Crippen molar-refractivity contribution < 1.29 is 43.7 Å². The zero-order chi connectivity index (χ0) is 39.3. The molecule has 3 amide bonds. The molecule has 4 aromatic carbocycles. The Balaban J connectivity index is 1.39. The second-order valence-corrected chi connectivity index (χ2v) is 13.5. The molecule has 0 heterocycles. The number of amides is 3. The van der Waals surface area contributed by atoms with Gasteiger partial charge in [-0.3, -0.25) is 24.0 Å². The lowest BCUT2D eigenvalue weighted by molar-refractivity contribution is -0.174. The summed E-state index contributed by atoms with van der Waals surface area (Å²) in [6.07, 6.45) is 0.282. The molecule has 4 atom stereocenters. The molecular weight excluding hydrogens is 702 g/mol. The summed E-state index contributed by atoms with van der Waals surface area (Å²) in [6.45, 7) is 4.75. The van der Waals surface area contributed by atoms with E-state index in [0.717, 1.165) is 11.1 Å². The summed E-state index contributed by atoms with van der Waals surface area (Å²) >= 11 is 0. The van der Waals surface area contributed by atoms with E-state index in [2.05, 4.69) is 5.32 Å². The molecule has 0 saturated heterocycles. The van der Waals surface area contributed by atoms with Crippen LogP contribution < -0.4 is 14.8 Å². The average Bonchev–Trinajstić information content (AvgIpc) is 3.17. The number of benzene rings is 4. The van der Waals surface area contributed by atoms with E-state index in [9.17, 15) is 29.1 Å². The van der Waals surface area contributed by atoms with Gasteiger partial charge in [0.2, 0.25) is 17.7 Å². The fourth-order valence-electron chi connectivity index (χ4n) is 6.84. The van der Waals surface area contributed by atoms with Crippen LogP contribution >= 0.6 is 0 Å². The Kier molecular flexibility index (Phi) is 14.0. The summed E-state index contributed by atoms with van der Waals surface area (Å²) in [5.74, 6) is -5.52. The molecule has 288 valence electrons. The van der Waals surface area contributed by atoms with Crippen LogP contribution in [0.25, 0.3) is 0 Å². The van der Waals surface area contributed by atoms with Crippen LogP contribution in [-0.2, 0) is 37.1 Å². The minimum absolute atomic E-state index is 0.160. The minimum atomic E-state index is -1.41. The second-order valence-electron chi connectivity index (χ2n) is 13.5. The van der Waals surface area contributed by atoms with E-state index >= 15 is 0 Å². The van der Waals surface area contributed by atoms with Gasteiger partial charge in [0.05, 0.1) is 30.2 Å². The molecule has 4 aromatic rings. The molecule has 0 radical (unpaired) electrons. The van der Waals surface area contributed by atoms with Gasteiger partial charge in [-0.1, -0.05) is 74.5 Å². The lowest BCUT2D eigenvalue weighted by Gasteiger charge is -2.50. The number of carboxylic acids is 2. The molecule has 1 aliphatic rings. The van der Waals surface area contributed by atoms with E-state index in [1.807, 2.05) is 98.8 Å². The summed E-state index contributed by atoms with van der Waals surface area (Å²) in [4.78, 5) is 69.2. The van der Waals surface area contributed by atoms with Crippen molar-refractivity contribution in [2.45, 2.75) is 58.7 Å². The van der Waals surface area contributed by atoms with E-state index < -0.39 is 66.3 Å². The number of hydrogen-bond donors (Lipinski definition) is 3. The normalized spacial score (nSPS) is 17.3. The van der Waals surface area contributed by atoms with Gasteiger partial charge in [0.1, 0.15) is 23.0 Å². The number of aliphatic carboxylic acids is 2. The number of para-hydroxylation sites is 2. The molecule has 12 heteroatoms. The Morgan fingerprint density at radius 1 is 0.564 bits per heavy atom. The van der Waals surface area contributed by atoms with Crippen molar-refractivity contribution in [2.24, 2.45) is 17.8 Å². The van der Waals surface area contributed by atoms with E-state index in [-0.39, 0.29) is 13.1 Å². The number of hydrogen-bond acceptors (Lipinski definition) is 7. The summed E-state index contributed by atoms with van der Waals surface area (Å²) in [7, 11) is 0. The molecule has 0 aromatic heterocycles. The molecule has 1 saturated carbocycles. The summed E-state index contributed by atoms with van der Waals surface area (Å²) in [5.41, 5.74) is 1.57. The highest BCUT2D eigenvalue weighted by Gasteiger charge is 2.62. The number of carbonyl (C=O) groups excluding carboxylic acids is 3. The highest BCUT2D eigenvalue weighted by molar-refractivity contribution is 5.96. The van der Waals surface area contributed by atoms with Crippen LogP contribution in [0.15, 0.2) is 109 Å². The summed E-state index contributed by atoms with van der Waals surface area (Å²) in [6, 6.07) is 31.9. The van der Waals surface area contributed by atoms with E-state index in [4.69, 9.17) is 14.6 Å². The predicted molar refractivity (Wildman–Crippen MR) is 204 cm³/mol. The second kappa shape index (κ2) is 19.2. The van der Waals surface area contributed by atoms with Crippen molar-refractivity contribution in [2.75, 3.05) is 13.1 Å². The minimum Gasteiger partial charge on any atom is -0.481 e. The molecule has 12 nitrogen and oxygen atoms in total. The van der Waals surface area contributed by atoms with Gasteiger partial charge >= 0.3 is 11.9 Å². The van der Waals surface area contributed by atoms with Crippen molar-refractivity contribution in [1.29, 1.82) is 0 Å². The van der Waals surface area contributed by atoms with Crippen LogP contribution in [0.3, 0.4) is 0 Å². The van der Waals surface area contributed by atoms with Crippen LogP contribution in [0.2, 0.25) is 0 Å². The van der Waals surface area contributed by atoms with Gasteiger partial charge < -0.3 is 34.8 Å². The molecule has 5 rings (SSSR count). The standard InChI is InChI=1S/C43H47N3O9/c1-3-25-45(27-29-15-19-33(20-16-29)54-31-11-7-5-8-12-31)41(50)37-38(40(39(37)43(52)53)44-35(47)23-24-36(48)49)42(51)46(26-4-2)28-30-17-21-34(22-18-30)55-32-13-9-6-10-14-32/h5-22,37-40H,3-4,23-28H2,1-2H3,(H,44,47)(H,48,49)(H,52,53)/t37-,38-,39-,40-/m1/s1. The van der Waals surface area contributed by atoms with Gasteiger partial charge in [0, 0.05) is 32.6 Å². The maximum absolute atomic E-state index is 14.6. The van der Waals surface area contributed by atoms with Crippen LogP contribution in [0.4, 0.5) is 0 Å². The average molecular weight is 750 g/mol. The van der Waals surface area contributed by atoms with Crippen LogP contribution in [0.1, 0.15) is 50.7 Å². The van der Waals surface area contributed by atoms with E-state index in [1.165, 1.54) is 0 Å². The smallest absolute Gasteiger partial charge is 0.309 e. The predicted octanol–water partition coefficient (Wildman–Crippen LogP) is 6.75. The highest BCUT2D eigenvalue weighted by atomic mass is 16.5. The topological polar surface area (TPSA) is 163 Å². The number of nitrogens with one attached hydrogen (secondary N) is 1. The van der Waals surface area contributed by atoms with Crippen molar-refractivity contribution >= 4 is 29.7 Å². The van der Waals surface area contributed by atoms with Crippen LogP contribution in [0, 0.1) is 17.8 Å². The third-order valence-corrected chi connectivity index (χ3v) is 9.46. The Bertz CT molecular complexity index is 1900. The van der Waals surface area contributed by atoms with E-state index in [0.29, 0.717) is 48.9 Å². The number of ether oxygens (including phenoxy) is 2. The number of carbonyl (C=O) groups is 5. The monoisotopic (exact) mass is 749 g/mol. The zero-order valence-corrected chi connectivity index (χ0v) is 31.0. The molecule has 3 N–H and O–H groups in total. The fraction of sp³-hybridized carbons (Fsp3) is 0.326. The van der Waals surface area contributed by atoms with Gasteiger partial charge in [-0.05, 0) is 72.5 Å². The lowest BCUT2D eigenvalue weighted by Crippen LogP contribution is -2.70. The quantitative estimate of drug-likeness (QED) is 0.0942. The third-order valence-electron chi connectivity index (χ3n) is 9.46. The first-order valence-electron chi connectivity index (χ1n) is 18.5. The number of rotatable bonds is 19. The van der Waals surface area contributed by atoms with E-state index in [1.54, 1.807) is 34.1 Å². The Morgan fingerprint density at radius 2 is 0.982 bits per heavy atom. The van der Waals surface area contributed by atoms with Gasteiger partial charge in [0.25, 0.3) is 0 Å². The SMILES string of the molecule is CCCN(Cc1ccc(Oc2ccccc2)cc1)C(=O)[C@H]1[C@@H](C(=O)O)[C@H](NC(=O)CCC(=O)O)[C@@H]1C(=O)N(CCC)Cc1ccc(Oc2ccccc2)cc1. The first-order chi connectivity index (χ1) is 26.6. The van der Waals surface area contributed by atoms with Crippen LogP contribution in [-0.4, -0.2) is 68.8 Å². The molecule has 0 spiro atoms. The van der Waals surface area contributed by atoms with Crippen molar-refractivity contribution in [3.8, 4) is 23.0 Å². The summed E-state index contributed by atoms with van der Waals surface area (Å²) < 4.78 is 11.8. The highest BCUT2D eigenvalue weighted by Crippen LogP contribution is 2.44. The number of nitrogens with zero attached hydrogens (tertiary/aromatic N) is 2. The molecule has 0 aliphatic heterocycles. The van der Waals surface area contributed by atoms with Crippen molar-refractivity contribution in [3.05, 3.63) is 120 Å². The largest absolute Gasteiger partial charge is 0.481 e. The molecular formula is C43H47N3O9. The first kappa shape index (κ1) is 40.0. The van der Waals surface area contributed by atoms with Gasteiger partial charge in [-0.15, -0.1) is 0 Å². The third kappa shape index (κ3) is 10.7. The molecule has 0 unspecified atom stereocenters. The van der Waals surface area contributed by atoms with Crippen LogP contribution in [0.5, 0.6) is 23.0 Å². The first-order valence-corrected chi connectivity index (χ1v) is 18.5. The summed E-state index contributed by atoms with van der Waals surface area (Å²) in [5, 5.41) is 22.2. The van der Waals surface area contributed by atoms with Crippen molar-refractivity contribution in [1.82, 2.24) is 15.1 Å². The maximum Gasteiger partial charge on any atom is 0.309 e. The zero-order valence-electron chi connectivity index (χ0n) is 31.0. The lowest BCUT2D eigenvalue weighted by atomic mass is 9.59. The van der Waals surface area contributed by atoms with Gasteiger partial charge in [-0.25, -0.2) is 0 Å². The van der Waals surface area contributed by atoms with Gasteiger partial charge in [0.15, 0.2) is 0 Å². The Labute approximate surface area is 320 Å². The number of carboxylic acid groups (broad SMARTS) is 2. The van der Waals surface area contributed by atoms with Gasteiger partial charge in [-0.2, -0.15) is 0 Å².